The molecule has 1 aromatic heterocycles. The first-order valence-electron chi connectivity index (χ1n) is 6.12. The van der Waals surface area contributed by atoms with Crippen LogP contribution in [0.5, 0.6) is 0 Å². The summed E-state index contributed by atoms with van der Waals surface area (Å²) in [5, 5.41) is 0. The molecule has 4 heteroatoms. The molecule has 0 aliphatic carbocycles. The number of halogens is 1. The van der Waals surface area contributed by atoms with Gasteiger partial charge in [0.2, 0.25) is 5.89 Å². The third kappa shape index (κ3) is 2.05. The van der Waals surface area contributed by atoms with Crippen LogP contribution in [0.2, 0.25) is 0 Å². The number of hydrogen-bond acceptors (Lipinski definition) is 3. The quantitative estimate of drug-likeness (QED) is 0.710. The highest BCUT2D eigenvalue weighted by Gasteiger charge is 2.10. The fraction of sp³-hybridized carbons (Fsp3) is 0.133. The van der Waals surface area contributed by atoms with Crippen molar-refractivity contribution in [2.75, 3.05) is 5.73 Å². The molecule has 0 saturated heterocycles. The maximum atomic E-state index is 13.4. The van der Waals surface area contributed by atoms with Crippen LogP contribution in [-0.4, -0.2) is 4.98 Å². The van der Waals surface area contributed by atoms with Gasteiger partial charge in [0.15, 0.2) is 5.58 Å². The minimum Gasteiger partial charge on any atom is -0.436 e. The van der Waals surface area contributed by atoms with Crippen LogP contribution < -0.4 is 5.73 Å². The molecule has 1 heterocycles. The molecule has 0 fully saturated rings. The van der Waals surface area contributed by atoms with Crippen molar-refractivity contribution in [2.45, 2.75) is 13.3 Å². The van der Waals surface area contributed by atoms with E-state index in [4.69, 9.17) is 10.2 Å². The Morgan fingerprint density at radius 1 is 1.21 bits per heavy atom. The summed E-state index contributed by atoms with van der Waals surface area (Å²) >= 11 is 0. The summed E-state index contributed by atoms with van der Waals surface area (Å²) in [4.78, 5) is 4.39. The summed E-state index contributed by atoms with van der Waals surface area (Å²) in [6.45, 7) is 2.08. The number of benzene rings is 2. The molecular formula is C15H13FN2O. The number of nitrogen functional groups attached to an aromatic ring is 1. The Labute approximate surface area is 109 Å². The van der Waals surface area contributed by atoms with Gasteiger partial charge in [-0.1, -0.05) is 13.0 Å². The molecule has 0 amide bonds. The summed E-state index contributed by atoms with van der Waals surface area (Å²) in [5.74, 6) is -0.0591. The van der Waals surface area contributed by atoms with E-state index in [1.54, 1.807) is 6.07 Å². The third-order valence-electron chi connectivity index (χ3n) is 3.11. The molecule has 3 nitrogen and oxygen atoms in total. The standard InChI is InChI=1S/C15H13FN2O/c1-2-9-3-6-14-13(7-9)18-15(19-14)10-4-5-12(17)11(16)8-10/h3-8H,2,17H2,1H3. The lowest BCUT2D eigenvalue weighted by Gasteiger charge is -1.98. The first-order valence-corrected chi connectivity index (χ1v) is 6.12. The monoisotopic (exact) mass is 256 g/mol. The van der Waals surface area contributed by atoms with Crippen molar-refractivity contribution in [3.05, 3.63) is 47.8 Å². The smallest absolute Gasteiger partial charge is 0.227 e. The highest BCUT2D eigenvalue weighted by atomic mass is 19.1. The van der Waals surface area contributed by atoms with Gasteiger partial charge in [-0.15, -0.1) is 0 Å². The predicted octanol–water partition coefficient (Wildman–Crippen LogP) is 3.78. The fourth-order valence-electron chi connectivity index (χ4n) is 1.98. The number of hydrogen-bond donors (Lipinski definition) is 1. The van der Waals surface area contributed by atoms with Gasteiger partial charge < -0.3 is 10.2 Å². The number of oxazole rings is 1. The second-order valence-corrected chi connectivity index (χ2v) is 4.41. The number of rotatable bonds is 2. The van der Waals surface area contributed by atoms with Crippen LogP contribution in [0.25, 0.3) is 22.6 Å². The molecule has 19 heavy (non-hydrogen) atoms. The number of aryl methyl sites for hydroxylation is 1. The van der Waals surface area contributed by atoms with E-state index in [1.165, 1.54) is 17.7 Å². The lowest BCUT2D eigenvalue weighted by molar-refractivity contribution is 0.612. The van der Waals surface area contributed by atoms with E-state index in [2.05, 4.69) is 11.9 Å². The summed E-state index contributed by atoms with van der Waals surface area (Å²) < 4.78 is 19.1. The van der Waals surface area contributed by atoms with Crippen molar-refractivity contribution in [1.82, 2.24) is 4.98 Å². The average molecular weight is 256 g/mol. The third-order valence-corrected chi connectivity index (χ3v) is 3.11. The van der Waals surface area contributed by atoms with Crippen LogP contribution >= 0.6 is 0 Å². The average Bonchev–Trinajstić information content (AvgIpc) is 2.84. The number of nitrogens with zero attached hydrogens (tertiary/aromatic N) is 1. The minimum atomic E-state index is -0.464. The topological polar surface area (TPSA) is 52.0 Å². The van der Waals surface area contributed by atoms with Gasteiger partial charge in [0, 0.05) is 5.56 Å². The molecule has 0 unspecified atom stereocenters. The van der Waals surface area contributed by atoms with Gasteiger partial charge in [-0.2, -0.15) is 0 Å². The van der Waals surface area contributed by atoms with Gasteiger partial charge in [-0.25, -0.2) is 9.37 Å². The minimum absolute atomic E-state index is 0.119. The van der Waals surface area contributed by atoms with Gasteiger partial charge in [0.1, 0.15) is 11.3 Å². The number of aromatic nitrogens is 1. The Morgan fingerprint density at radius 2 is 2.05 bits per heavy atom. The lowest BCUT2D eigenvalue weighted by Crippen LogP contribution is -1.90. The van der Waals surface area contributed by atoms with E-state index in [-0.39, 0.29) is 5.69 Å². The van der Waals surface area contributed by atoms with Crippen molar-refractivity contribution < 1.29 is 8.81 Å². The van der Waals surface area contributed by atoms with Gasteiger partial charge in [0.05, 0.1) is 5.69 Å². The molecule has 0 radical (unpaired) electrons. The SMILES string of the molecule is CCc1ccc2oc(-c3ccc(N)c(F)c3)nc2c1. The van der Waals surface area contributed by atoms with Crippen LogP contribution in [0.3, 0.4) is 0 Å². The second kappa shape index (κ2) is 4.39. The maximum absolute atomic E-state index is 13.4. The zero-order chi connectivity index (χ0) is 13.4. The molecule has 3 rings (SSSR count). The Balaban J connectivity index is 2.11. The molecule has 0 atom stereocenters. The summed E-state index contributed by atoms with van der Waals surface area (Å²) in [7, 11) is 0. The zero-order valence-corrected chi connectivity index (χ0v) is 10.5. The zero-order valence-electron chi connectivity index (χ0n) is 10.5. The maximum Gasteiger partial charge on any atom is 0.227 e. The summed E-state index contributed by atoms with van der Waals surface area (Å²) in [5.41, 5.74) is 8.83. The highest BCUT2D eigenvalue weighted by Crippen LogP contribution is 2.26. The fourth-order valence-corrected chi connectivity index (χ4v) is 1.98. The van der Waals surface area contributed by atoms with Crippen LogP contribution in [-0.2, 0) is 6.42 Å². The Bertz CT molecular complexity index is 749. The van der Waals surface area contributed by atoms with E-state index in [9.17, 15) is 4.39 Å². The molecule has 0 bridgehead atoms. The van der Waals surface area contributed by atoms with E-state index >= 15 is 0 Å². The van der Waals surface area contributed by atoms with Crippen LogP contribution in [0.15, 0.2) is 40.8 Å². The largest absolute Gasteiger partial charge is 0.436 e. The van der Waals surface area contributed by atoms with Gasteiger partial charge in [-0.05, 0) is 42.3 Å². The van der Waals surface area contributed by atoms with E-state index in [1.807, 2.05) is 18.2 Å². The van der Waals surface area contributed by atoms with Gasteiger partial charge in [-0.3, -0.25) is 0 Å². The molecule has 2 N–H and O–H groups in total. The summed E-state index contributed by atoms with van der Waals surface area (Å²) in [6.07, 6.45) is 0.939. The van der Waals surface area contributed by atoms with Crippen molar-refractivity contribution in [1.29, 1.82) is 0 Å². The normalized spacial score (nSPS) is 11.1. The van der Waals surface area contributed by atoms with Crippen molar-refractivity contribution >= 4 is 16.8 Å². The van der Waals surface area contributed by atoms with E-state index in [0.717, 1.165) is 11.9 Å². The molecule has 96 valence electrons. The molecule has 2 aromatic carbocycles. The van der Waals surface area contributed by atoms with Crippen molar-refractivity contribution in [3.63, 3.8) is 0 Å². The molecule has 0 aliphatic rings. The van der Waals surface area contributed by atoms with E-state index < -0.39 is 5.82 Å². The van der Waals surface area contributed by atoms with Crippen molar-refractivity contribution in [2.24, 2.45) is 0 Å². The Morgan fingerprint density at radius 3 is 2.79 bits per heavy atom. The first-order chi connectivity index (χ1) is 9.17. The molecule has 0 saturated carbocycles. The molecular weight excluding hydrogens is 243 g/mol. The van der Waals surface area contributed by atoms with Gasteiger partial charge in [0.25, 0.3) is 0 Å². The number of nitrogens with two attached hydrogens (primary N) is 1. The second-order valence-electron chi connectivity index (χ2n) is 4.41. The van der Waals surface area contributed by atoms with Crippen LogP contribution in [0.4, 0.5) is 10.1 Å². The van der Waals surface area contributed by atoms with Crippen LogP contribution in [0, 0.1) is 5.82 Å². The van der Waals surface area contributed by atoms with Crippen LogP contribution in [0.1, 0.15) is 12.5 Å². The molecule has 0 spiro atoms. The van der Waals surface area contributed by atoms with E-state index in [0.29, 0.717) is 17.0 Å². The van der Waals surface area contributed by atoms with Gasteiger partial charge >= 0.3 is 0 Å². The summed E-state index contributed by atoms with van der Waals surface area (Å²) in [6, 6.07) is 10.4. The van der Waals surface area contributed by atoms with Crippen molar-refractivity contribution in [3.8, 4) is 11.5 Å². The Hall–Kier alpha value is -2.36. The highest BCUT2D eigenvalue weighted by molar-refractivity contribution is 5.77. The number of anilines is 1. The molecule has 0 aliphatic heterocycles. The Kier molecular flexibility index (Phi) is 2.71. The lowest BCUT2D eigenvalue weighted by atomic mass is 10.1. The predicted molar refractivity (Wildman–Crippen MR) is 73.2 cm³/mol. The number of fused-ring (bicyclic) bond motifs is 1. The molecule has 3 aromatic rings. The first kappa shape index (κ1) is 11.7.